The molecule has 0 aliphatic carbocycles. The largest absolute Gasteiger partial charge is 0.444 e. The number of carbonyl (C=O) groups excluding carboxylic acids is 1. The van der Waals surface area contributed by atoms with Crippen LogP contribution in [-0.4, -0.2) is 48.8 Å². The quantitative estimate of drug-likeness (QED) is 0.263. The maximum absolute atomic E-state index is 11.9. The molecule has 0 fully saturated rings. The molecule has 1 amide bonds. The molecule has 29 heavy (non-hydrogen) atoms. The topological polar surface area (TPSA) is 87.6 Å². The first-order valence-corrected chi connectivity index (χ1v) is 10.1. The molecule has 1 aromatic heterocycles. The normalized spacial score (nSPS) is 12.6. The van der Waals surface area contributed by atoms with Crippen LogP contribution in [0.4, 0.5) is 4.79 Å². The highest BCUT2D eigenvalue weighted by Gasteiger charge is 2.18. The average Bonchev–Trinajstić information content (AvgIpc) is 2.62. The molecule has 0 aliphatic rings. The number of nitrogens with one attached hydrogen (secondary N) is 3. The highest BCUT2D eigenvalue weighted by Crippen LogP contribution is 2.07. The molecular weight excluding hydrogens is 481 g/mol. The predicted molar refractivity (Wildman–Crippen MR) is 130 cm³/mol. The smallest absolute Gasteiger partial charge is 0.407 e. The van der Waals surface area contributed by atoms with Gasteiger partial charge in [-0.3, -0.25) is 9.98 Å². The summed E-state index contributed by atoms with van der Waals surface area (Å²) in [5.41, 5.74) is 1.70. The van der Waals surface area contributed by atoms with Gasteiger partial charge in [0.15, 0.2) is 5.96 Å². The Kier molecular flexibility index (Phi) is 13.6. The van der Waals surface area contributed by atoms with Gasteiger partial charge in [0.25, 0.3) is 0 Å². The maximum Gasteiger partial charge on any atom is 0.407 e. The zero-order valence-corrected chi connectivity index (χ0v) is 21.0. The van der Waals surface area contributed by atoms with E-state index < -0.39 is 11.7 Å². The van der Waals surface area contributed by atoms with Gasteiger partial charge in [-0.2, -0.15) is 0 Å². The zero-order chi connectivity index (χ0) is 21.0. The van der Waals surface area contributed by atoms with Gasteiger partial charge in [-0.1, -0.05) is 25.8 Å². The summed E-state index contributed by atoms with van der Waals surface area (Å²) in [6.07, 6.45) is 5.47. The fraction of sp³-hybridized carbons (Fsp3) is 0.667. The van der Waals surface area contributed by atoms with E-state index in [0.29, 0.717) is 6.54 Å². The first kappa shape index (κ1) is 27.4. The van der Waals surface area contributed by atoms with E-state index in [1.165, 1.54) is 5.56 Å². The van der Waals surface area contributed by atoms with Crippen molar-refractivity contribution < 1.29 is 9.53 Å². The number of aromatic nitrogens is 1. The van der Waals surface area contributed by atoms with E-state index >= 15 is 0 Å². The number of nitrogens with zero attached hydrogens (tertiary/aromatic N) is 2. The molecule has 3 N–H and O–H groups in total. The second-order valence-electron chi connectivity index (χ2n) is 7.92. The minimum atomic E-state index is -0.501. The van der Waals surface area contributed by atoms with Crippen molar-refractivity contribution >= 4 is 36.0 Å². The second-order valence-corrected chi connectivity index (χ2v) is 7.92. The fourth-order valence-corrected chi connectivity index (χ4v) is 2.56. The van der Waals surface area contributed by atoms with Gasteiger partial charge in [-0.15, -0.1) is 24.0 Å². The van der Waals surface area contributed by atoms with Crippen molar-refractivity contribution in [2.75, 3.05) is 20.1 Å². The molecule has 1 aromatic rings. The fourth-order valence-electron chi connectivity index (χ4n) is 2.56. The van der Waals surface area contributed by atoms with Gasteiger partial charge in [0, 0.05) is 38.1 Å². The molecular formula is C21H38IN5O2. The van der Waals surface area contributed by atoms with Crippen LogP contribution in [0.1, 0.15) is 58.2 Å². The number of aryl methyl sites for hydroxylation is 1. The summed E-state index contributed by atoms with van der Waals surface area (Å²) >= 11 is 0. The Morgan fingerprint density at radius 3 is 2.55 bits per heavy atom. The molecule has 1 heterocycles. The highest BCUT2D eigenvalue weighted by atomic mass is 127. The average molecular weight is 519 g/mol. The van der Waals surface area contributed by atoms with Crippen molar-refractivity contribution in [3.05, 3.63) is 29.6 Å². The van der Waals surface area contributed by atoms with Crippen molar-refractivity contribution in [1.82, 2.24) is 20.9 Å². The highest BCUT2D eigenvalue weighted by molar-refractivity contribution is 14.0. The SMILES string of the molecule is CCCCC(CNC(=O)OC(C)(C)C)NC(=NC)NCCc1ccc(C)nc1.I. The lowest BCUT2D eigenvalue weighted by atomic mass is 10.1. The van der Waals surface area contributed by atoms with Crippen LogP contribution in [0.3, 0.4) is 0 Å². The minimum Gasteiger partial charge on any atom is -0.444 e. The number of guanidine groups is 1. The zero-order valence-electron chi connectivity index (χ0n) is 18.7. The molecule has 0 bridgehead atoms. The predicted octanol–water partition coefficient (Wildman–Crippen LogP) is 3.80. The van der Waals surface area contributed by atoms with E-state index in [2.05, 4.69) is 38.9 Å². The number of alkyl carbamates (subject to hydrolysis) is 1. The lowest BCUT2D eigenvalue weighted by molar-refractivity contribution is 0.0523. The number of amides is 1. The van der Waals surface area contributed by atoms with Crippen LogP contribution < -0.4 is 16.0 Å². The molecule has 166 valence electrons. The number of halogens is 1. The number of ether oxygens (including phenoxy) is 1. The molecule has 0 aliphatic heterocycles. The van der Waals surface area contributed by atoms with Gasteiger partial charge in [0.2, 0.25) is 0 Å². The van der Waals surface area contributed by atoms with E-state index in [9.17, 15) is 4.79 Å². The standard InChI is InChI=1S/C21H37N5O2.HI/c1-7-8-9-18(15-25-20(27)28-21(3,4)5)26-19(22-6)23-13-12-17-11-10-16(2)24-14-17;/h10-11,14,18H,7-9,12-13,15H2,1-6H3,(H,25,27)(H2,22,23,26);1H. The van der Waals surface area contributed by atoms with Crippen molar-refractivity contribution in [3.8, 4) is 0 Å². The number of rotatable bonds is 9. The lowest BCUT2D eigenvalue weighted by Crippen LogP contribution is -2.49. The Balaban J connectivity index is 0.00000784. The van der Waals surface area contributed by atoms with E-state index in [1.54, 1.807) is 7.05 Å². The van der Waals surface area contributed by atoms with Gasteiger partial charge in [0.1, 0.15) is 5.60 Å². The first-order chi connectivity index (χ1) is 13.2. The Labute approximate surface area is 192 Å². The molecule has 7 nitrogen and oxygen atoms in total. The van der Waals surface area contributed by atoms with Gasteiger partial charge < -0.3 is 20.7 Å². The van der Waals surface area contributed by atoms with Crippen molar-refractivity contribution in [2.24, 2.45) is 4.99 Å². The van der Waals surface area contributed by atoms with Gasteiger partial charge in [0.05, 0.1) is 0 Å². The molecule has 1 atom stereocenters. The van der Waals surface area contributed by atoms with Gasteiger partial charge >= 0.3 is 6.09 Å². The molecule has 0 radical (unpaired) electrons. The summed E-state index contributed by atoms with van der Waals surface area (Å²) in [5.74, 6) is 0.729. The van der Waals surface area contributed by atoms with Gasteiger partial charge in [-0.05, 0) is 52.2 Å². The van der Waals surface area contributed by atoms with E-state index in [0.717, 1.165) is 43.9 Å². The van der Waals surface area contributed by atoms with E-state index in [1.807, 2.05) is 40.0 Å². The number of unbranched alkanes of at least 4 members (excludes halogenated alkanes) is 1. The Morgan fingerprint density at radius 1 is 1.28 bits per heavy atom. The monoisotopic (exact) mass is 519 g/mol. The van der Waals surface area contributed by atoms with E-state index in [-0.39, 0.29) is 30.0 Å². The molecule has 1 rings (SSSR count). The molecule has 0 spiro atoms. The first-order valence-electron chi connectivity index (χ1n) is 10.1. The van der Waals surface area contributed by atoms with E-state index in [4.69, 9.17) is 4.74 Å². The Morgan fingerprint density at radius 2 is 2.00 bits per heavy atom. The summed E-state index contributed by atoms with van der Waals surface area (Å²) in [7, 11) is 1.75. The summed E-state index contributed by atoms with van der Waals surface area (Å²) < 4.78 is 5.32. The molecule has 0 saturated heterocycles. The second kappa shape index (κ2) is 14.4. The molecule has 1 unspecified atom stereocenters. The third-order valence-electron chi connectivity index (χ3n) is 4.04. The van der Waals surface area contributed by atoms with Crippen molar-refractivity contribution in [3.63, 3.8) is 0 Å². The van der Waals surface area contributed by atoms with Crippen LogP contribution in [0.25, 0.3) is 0 Å². The third-order valence-corrected chi connectivity index (χ3v) is 4.04. The van der Waals surface area contributed by atoms with Crippen LogP contribution in [0.2, 0.25) is 0 Å². The Hall–Kier alpha value is -1.58. The third kappa shape index (κ3) is 13.3. The van der Waals surface area contributed by atoms with Gasteiger partial charge in [-0.25, -0.2) is 4.79 Å². The number of hydrogen-bond donors (Lipinski definition) is 3. The number of hydrogen-bond acceptors (Lipinski definition) is 4. The summed E-state index contributed by atoms with van der Waals surface area (Å²) in [5, 5.41) is 9.59. The molecule has 0 aromatic carbocycles. The lowest BCUT2D eigenvalue weighted by Gasteiger charge is -2.24. The van der Waals surface area contributed by atoms with Crippen molar-refractivity contribution in [1.29, 1.82) is 0 Å². The van der Waals surface area contributed by atoms with Crippen LogP contribution >= 0.6 is 24.0 Å². The summed E-state index contributed by atoms with van der Waals surface area (Å²) in [6, 6.07) is 4.19. The minimum absolute atomic E-state index is 0. The number of pyridine rings is 1. The van der Waals surface area contributed by atoms with Crippen molar-refractivity contribution in [2.45, 2.75) is 71.9 Å². The van der Waals surface area contributed by atoms with Crippen LogP contribution in [0.15, 0.2) is 23.3 Å². The number of aliphatic imine (C=N–C) groups is 1. The number of carbonyl (C=O) groups is 1. The maximum atomic E-state index is 11.9. The summed E-state index contributed by atoms with van der Waals surface area (Å²) in [6.45, 7) is 10.9. The summed E-state index contributed by atoms with van der Waals surface area (Å²) in [4.78, 5) is 20.6. The molecule has 8 heteroatoms. The van der Waals surface area contributed by atoms with Crippen LogP contribution in [0.5, 0.6) is 0 Å². The Bertz CT molecular complexity index is 614. The van der Waals surface area contributed by atoms with Crippen LogP contribution in [-0.2, 0) is 11.2 Å². The molecule has 0 saturated carbocycles. The van der Waals surface area contributed by atoms with Crippen LogP contribution in [0, 0.1) is 6.92 Å².